The summed E-state index contributed by atoms with van der Waals surface area (Å²) in [6, 6.07) is 0. The van der Waals surface area contributed by atoms with Crippen LogP contribution in [0.4, 0.5) is 0 Å². The van der Waals surface area contributed by atoms with Gasteiger partial charge in [0, 0.05) is 12.5 Å². The molecule has 0 spiro atoms. The molecule has 2 nitrogen and oxygen atoms in total. The van der Waals surface area contributed by atoms with Crippen LogP contribution in [0.1, 0.15) is 25.7 Å². The van der Waals surface area contributed by atoms with Gasteiger partial charge < -0.3 is 10.1 Å². The van der Waals surface area contributed by atoms with E-state index in [0.29, 0.717) is 0 Å². The summed E-state index contributed by atoms with van der Waals surface area (Å²) in [5.41, 5.74) is 0. The fraction of sp³-hybridized carbons (Fsp3) is 0.875. The van der Waals surface area contributed by atoms with Crippen molar-refractivity contribution in [2.75, 3.05) is 13.1 Å². The van der Waals surface area contributed by atoms with Gasteiger partial charge in [-0.1, -0.05) is 12.8 Å². The number of hydrogen-bond donors (Lipinski definition) is 1. The van der Waals surface area contributed by atoms with Gasteiger partial charge in [-0.15, -0.1) is 0 Å². The Kier molecular flexibility index (Phi) is 3.44. The largest absolute Gasteiger partial charge is 0.316 e. The smallest absolute Gasteiger partial charge is 0.124 e. The Morgan fingerprint density at radius 2 is 2.20 bits per heavy atom. The molecule has 1 aliphatic rings. The lowest BCUT2D eigenvalue weighted by Gasteiger charge is -2.14. The van der Waals surface area contributed by atoms with Crippen molar-refractivity contribution in [3.8, 4) is 0 Å². The maximum atomic E-state index is 10.4. The Bertz CT molecular complexity index is 95.4. The molecule has 0 amide bonds. The predicted octanol–water partition coefficient (Wildman–Crippen LogP) is 0.965. The van der Waals surface area contributed by atoms with Gasteiger partial charge in [0.2, 0.25) is 0 Å². The Hall–Kier alpha value is -0.370. The van der Waals surface area contributed by atoms with Crippen molar-refractivity contribution in [2.45, 2.75) is 25.7 Å². The van der Waals surface area contributed by atoms with E-state index in [1.807, 2.05) is 0 Å². The Balaban J connectivity index is 2.22. The molecule has 2 heteroatoms. The first-order valence-corrected chi connectivity index (χ1v) is 4.09. The summed E-state index contributed by atoms with van der Waals surface area (Å²) >= 11 is 0. The molecular formula is C8H15NO. The summed E-state index contributed by atoms with van der Waals surface area (Å²) in [4.78, 5) is 10.4. The van der Waals surface area contributed by atoms with Gasteiger partial charge >= 0.3 is 0 Å². The number of aldehydes is 1. The topological polar surface area (TPSA) is 29.1 Å². The molecule has 10 heavy (non-hydrogen) atoms. The zero-order valence-corrected chi connectivity index (χ0v) is 6.31. The lowest BCUT2D eigenvalue weighted by Crippen LogP contribution is -2.26. The molecule has 1 N–H and O–H groups in total. The van der Waals surface area contributed by atoms with Crippen LogP contribution in [0.3, 0.4) is 0 Å². The minimum atomic E-state index is 0.278. The van der Waals surface area contributed by atoms with Gasteiger partial charge in [0.25, 0.3) is 0 Å². The van der Waals surface area contributed by atoms with Crippen LogP contribution in [0.2, 0.25) is 0 Å². The van der Waals surface area contributed by atoms with Crippen LogP contribution < -0.4 is 5.32 Å². The second-order valence-corrected chi connectivity index (χ2v) is 2.95. The van der Waals surface area contributed by atoms with Gasteiger partial charge in [0.15, 0.2) is 0 Å². The quantitative estimate of drug-likeness (QED) is 0.551. The molecular weight excluding hydrogens is 126 g/mol. The van der Waals surface area contributed by atoms with Crippen molar-refractivity contribution in [1.29, 1.82) is 0 Å². The number of nitrogens with one attached hydrogen (secondary N) is 1. The third kappa shape index (κ3) is 2.48. The van der Waals surface area contributed by atoms with Crippen LogP contribution in [0.5, 0.6) is 0 Å². The zero-order valence-electron chi connectivity index (χ0n) is 6.31. The predicted molar refractivity (Wildman–Crippen MR) is 40.9 cm³/mol. The van der Waals surface area contributed by atoms with Crippen LogP contribution in [-0.4, -0.2) is 19.4 Å². The van der Waals surface area contributed by atoms with Gasteiger partial charge in [-0.25, -0.2) is 0 Å². The zero-order chi connectivity index (χ0) is 7.23. The summed E-state index contributed by atoms with van der Waals surface area (Å²) in [7, 11) is 0. The first-order valence-electron chi connectivity index (χ1n) is 4.09. The van der Waals surface area contributed by atoms with Crippen LogP contribution in [-0.2, 0) is 4.79 Å². The first kappa shape index (κ1) is 7.73. The summed E-state index contributed by atoms with van der Waals surface area (Å²) in [6.07, 6.45) is 5.93. The molecule has 1 rings (SSSR count). The fourth-order valence-corrected chi connectivity index (χ4v) is 1.34. The van der Waals surface area contributed by atoms with Crippen molar-refractivity contribution in [2.24, 2.45) is 5.92 Å². The normalized spacial score (nSPS) is 28.6. The average molecular weight is 141 g/mol. The second kappa shape index (κ2) is 4.45. The summed E-state index contributed by atoms with van der Waals surface area (Å²) in [6.45, 7) is 1.98. The highest BCUT2D eigenvalue weighted by Crippen LogP contribution is 2.09. The van der Waals surface area contributed by atoms with E-state index < -0.39 is 0 Å². The maximum absolute atomic E-state index is 10.4. The summed E-state index contributed by atoms with van der Waals surface area (Å²) in [5, 5.41) is 3.26. The minimum absolute atomic E-state index is 0.278. The molecule has 1 fully saturated rings. The second-order valence-electron chi connectivity index (χ2n) is 2.95. The molecule has 1 atom stereocenters. The number of carbonyl (C=O) groups is 1. The molecule has 1 unspecified atom stereocenters. The van der Waals surface area contributed by atoms with Crippen molar-refractivity contribution < 1.29 is 4.79 Å². The first-order chi connectivity index (χ1) is 4.93. The van der Waals surface area contributed by atoms with Crippen LogP contribution in [0.25, 0.3) is 0 Å². The third-order valence-corrected chi connectivity index (χ3v) is 2.03. The van der Waals surface area contributed by atoms with E-state index in [9.17, 15) is 4.79 Å². The third-order valence-electron chi connectivity index (χ3n) is 2.03. The van der Waals surface area contributed by atoms with Crippen LogP contribution in [0.15, 0.2) is 0 Å². The maximum Gasteiger partial charge on any atom is 0.124 e. The molecule has 0 aromatic heterocycles. The highest BCUT2D eigenvalue weighted by Gasteiger charge is 2.08. The van der Waals surface area contributed by atoms with E-state index in [-0.39, 0.29) is 5.92 Å². The summed E-state index contributed by atoms with van der Waals surface area (Å²) in [5.74, 6) is 0.278. The van der Waals surface area contributed by atoms with Gasteiger partial charge in [-0.2, -0.15) is 0 Å². The highest BCUT2D eigenvalue weighted by atomic mass is 16.1. The van der Waals surface area contributed by atoms with Crippen molar-refractivity contribution in [3.05, 3.63) is 0 Å². The van der Waals surface area contributed by atoms with Crippen LogP contribution in [0, 0.1) is 5.92 Å². The fourth-order valence-electron chi connectivity index (χ4n) is 1.34. The monoisotopic (exact) mass is 141 g/mol. The number of hydrogen-bond acceptors (Lipinski definition) is 2. The molecule has 58 valence electrons. The Labute approximate surface area is 62.0 Å². The van der Waals surface area contributed by atoms with E-state index in [1.54, 1.807) is 0 Å². The molecule has 0 aliphatic carbocycles. The van der Waals surface area contributed by atoms with E-state index in [0.717, 1.165) is 25.8 Å². The average Bonchev–Trinajstić information content (AvgIpc) is 1.87. The molecule has 0 aromatic rings. The molecule has 1 heterocycles. The summed E-state index contributed by atoms with van der Waals surface area (Å²) < 4.78 is 0. The SMILES string of the molecule is O=CC1CCCCCNC1. The minimum Gasteiger partial charge on any atom is -0.316 e. The van der Waals surface area contributed by atoms with E-state index in [4.69, 9.17) is 0 Å². The molecule has 0 aromatic carbocycles. The molecule has 1 saturated heterocycles. The lowest BCUT2D eigenvalue weighted by molar-refractivity contribution is -0.111. The standard InChI is InChI=1S/C8H15NO/c10-7-8-4-2-1-3-5-9-6-8/h7-9H,1-6H2. The number of carbonyl (C=O) groups excluding carboxylic acids is 1. The van der Waals surface area contributed by atoms with E-state index >= 15 is 0 Å². The van der Waals surface area contributed by atoms with Gasteiger partial charge in [0.1, 0.15) is 6.29 Å². The molecule has 0 radical (unpaired) electrons. The van der Waals surface area contributed by atoms with Crippen molar-refractivity contribution in [1.82, 2.24) is 5.32 Å². The van der Waals surface area contributed by atoms with Gasteiger partial charge in [-0.05, 0) is 19.4 Å². The van der Waals surface area contributed by atoms with E-state index in [1.165, 1.54) is 19.3 Å². The molecule has 0 bridgehead atoms. The number of rotatable bonds is 1. The van der Waals surface area contributed by atoms with Gasteiger partial charge in [-0.3, -0.25) is 0 Å². The Morgan fingerprint density at radius 1 is 1.30 bits per heavy atom. The van der Waals surface area contributed by atoms with Crippen molar-refractivity contribution >= 4 is 6.29 Å². The van der Waals surface area contributed by atoms with Crippen molar-refractivity contribution in [3.63, 3.8) is 0 Å². The lowest BCUT2D eigenvalue weighted by atomic mass is 10.0. The van der Waals surface area contributed by atoms with E-state index in [2.05, 4.69) is 5.32 Å². The Morgan fingerprint density at radius 3 is 3.00 bits per heavy atom. The van der Waals surface area contributed by atoms with Crippen LogP contribution >= 0.6 is 0 Å². The molecule has 0 saturated carbocycles. The highest BCUT2D eigenvalue weighted by molar-refractivity contribution is 5.53. The van der Waals surface area contributed by atoms with Gasteiger partial charge in [0.05, 0.1) is 0 Å². The molecule has 1 aliphatic heterocycles.